The normalized spacial score (nSPS) is 20.0. The van der Waals surface area contributed by atoms with Gasteiger partial charge in [0.15, 0.2) is 0 Å². The maximum absolute atomic E-state index is 12.4. The molecule has 1 N–H and O–H groups in total. The second kappa shape index (κ2) is 9.68. The van der Waals surface area contributed by atoms with Crippen LogP contribution in [0.15, 0.2) is 30.5 Å². The van der Waals surface area contributed by atoms with Crippen molar-refractivity contribution in [3.63, 3.8) is 0 Å². The van der Waals surface area contributed by atoms with Crippen molar-refractivity contribution in [1.29, 1.82) is 0 Å². The van der Waals surface area contributed by atoms with E-state index in [1.165, 1.54) is 5.56 Å². The number of piperidine rings is 1. The van der Waals surface area contributed by atoms with Crippen molar-refractivity contribution in [2.45, 2.75) is 71.2 Å². The molecule has 0 unspecified atom stereocenters. The number of benzene rings is 1. The molecule has 2 heterocycles. The van der Waals surface area contributed by atoms with Gasteiger partial charge in [-0.25, -0.2) is 9.48 Å². The molecule has 0 aliphatic carbocycles. The summed E-state index contributed by atoms with van der Waals surface area (Å²) >= 11 is 0. The summed E-state index contributed by atoms with van der Waals surface area (Å²) in [5.74, 6) is 1.02. The zero-order valence-electron chi connectivity index (χ0n) is 19.5. The number of amides is 1. The van der Waals surface area contributed by atoms with Crippen LogP contribution < -0.4 is 10.1 Å². The maximum Gasteiger partial charge on any atom is 0.407 e. The van der Waals surface area contributed by atoms with Gasteiger partial charge >= 0.3 is 6.09 Å². The lowest BCUT2D eigenvalue weighted by Gasteiger charge is -2.37. The number of rotatable bonds is 6. The average Bonchev–Trinajstić information content (AvgIpc) is 3.17. The molecule has 0 bridgehead atoms. The van der Waals surface area contributed by atoms with E-state index in [1.807, 2.05) is 43.8 Å². The smallest absolute Gasteiger partial charge is 0.407 e. The number of carbonyl (C=O) groups is 1. The van der Waals surface area contributed by atoms with Crippen LogP contribution in [0.25, 0.3) is 0 Å². The predicted octanol–water partition coefficient (Wildman–Crippen LogP) is 3.75. The van der Waals surface area contributed by atoms with Crippen LogP contribution in [-0.4, -0.2) is 57.8 Å². The molecule has 0 spiro atoms. The van der Waals surface area contributed by atoms with Crippen LogP contribution in [0.4, 0.5) is 4.79 Å². The topological polar surface area (TPSA) is 81.5 Å². The summed E-state index contributed by atoms with van der Waals surface area (Å²) in [6.45, 7) is 12.2. The van der Waals surface area contributed by atoms with Gasteiger partial charge in [-0.3, -0.25) is 4.90 Å². The molecule has 8 nitrogen and oxygen atoms in total. The van der Waals surface area contributed by atoms with Crippen LogP contribution in [-0.2, 0) is 11.3 Å². The fourth-order valence-corrected chi connectivity index (χ4v) is 3.83. The summed E-state index contributed by atoms with van der Waals surface area (Å²) in [4.78, 5) is 14.8. The van der Waals surface area contributed by atoms with E-state index in [-0.39, 0.29) is 24.1 Å². The first-order valence-electron chi connectivity index (χ1n) is 10.9. The summed E-state index contributed by atoms with van der Waals surface area (Å²) in [7, 11) is 1.67. The first kappa shape index (κ1) is 23.1. The highest BCUT2D eigenvalue weighted by atomic mass is 16.6. The highest BCUT2D eigenvalue weighted by molar-refractivity contribution is 5.68. The highest BCUT2D eigenvalue weighted by Crippen LogP contribution is 2.28. The lowest BCUT2D eigenvalue weighted by atomic mass is 9.91. The van der Waals surface area contributed by atoms with Crippen LogP contribution >= 0.6 is 0 Å². The molecule has 1 aliphatic heterocycles. The van der Waals surface area contributed by atoms with Crippen LogP contribution in [0.1, 0.15) is 64.3 Å². The number of ether oxygens (including phenoxy) is 2. The monoisotopic (exact) mass is 429 g/mol. The van der Waals surface area contributed by atoms with E-state index in [4.69, 9.17) is 9.47 Å². The first-order valence-corrected chi connectivity index (χ1v) is 10.9. The lowest BCUT2D eigenvalue weighted by Crippen LogP contribution is -2.50. The quantitative estimate of drug-likeness (QED) is 0.753. The third-order valence-corrected chi connectivity index (χ3v) is 5.29. The van der Waals surface area contributed by atoms with E-state index in [2.05, 4.69) is 46.5 Å². The van der Waals surface area contributed by atoms with E-state index in [1.54, 1.807) is 7.11 Å². The van der Waals surface area contributed by atoms with Gasteiger partial charge in [0, 0.05) is 43.8 Å². The molecule has 0 radical (unpaired) electrons. The van der Waals surface area contributed by atoms with Crippen molar-refractivity contribution in [1.82, 2.24) is 25.2 Å². The Labute approximate surface area is 184 Å². The lowest BCUT2D eigenvalue weighted by molar-refractivity contribution is 0.0461. The van der Waals surface area contributed by atoms with Crippen LogP contribution in [0, 0.1) is 0 Å². The van der Waals surface area contributed by atoms with E-state index < -0.39 is 5.60 Å². The standard InChI is InChI=1S/C23H35N5O3/c1-16(2)28-15-21(25-26-28)18-11-19(24-22(29)31-23(3,4)5)14-27(13-18)12-17-7-9-20(30-6)10-8-17/h7-10,15-16,18-19H,11-14H2,1-6H3,(H,24,29)/t18-,19+/m1/s1. The molecule has 1 aliphatic rings. The second-order valence-electron chi connectivity index (χ2n) is 9.54. The number of hydrogen-bond acceptors (Lipinski definition) is 6. The first-order chi connectivity index (χ1) is 14.6. The molecule has 1 amide bonds. The number of aromatic nitrogens is 3. The number of likely N-dealkylation sites (tertiary alicyclic amines) is 1. The third-order valence-electron chi connectivity index (χ3n) is 5.29. The Balaban J connectivity index is 1.74. The summed E-state index contributed by atoms with van der Waals surface area (Å²) in [5.41, 5.74) is 1.63. The molecule has 1 fully saturated rings. The minimum absolute atomic E-state index is 0.0314. The Kier molecular flexibility index (Phi) is 7.20. The largest absolute Gasteiger partial charge is 0.497 e. The Bertz CT molecular complexity index is 857. The number of alkyl carbamates (subject to hydrolysis) is 1. The zero-order valence-corrected chi connectivity index (χ0v) is 19.5. The summed E-state index contributed by atoms with van der Waals surface area (Å²) in [5, 5.41) is 11.8. The minimum Gasteiger partial charge on any atom is -0.497 e. The van der Waals surface area contributed by atoms with Gasteiger partial charge in [0.05, 0.1) is 12.8 Å². The van der Waals surface area contributed by atoms with Crippen molar-refractivity contribution in [3.05, 3.63) is 41.7 Å². The van der Waals surface area contributed by atoms with Gasteiger partial charge in [0.1, 0.15) is 11.4 Å². The number of nitrogens with one attached hydrogen (secondary N) is 1. The summed E-state index contributed by atoms with van der Waals surface area (Å²) in [6, 6.07) is 8.33. The van der Waals surface area contributed by atoms with E-state index in [9.17, 15) is 4.79 Å². The molecule has 2 atom stereocenters. The van der Waals surface area contributed by atoms with Crippen molar-refractivity contribution in [3.8, 4) is 5.75 Å². The van der Waals surface area contributed by atoms with Crippen molar-refractivity contribution in [2.24, 2.45) is 0 Å². The SMILES string of the molecule is COc1ccc(CN2C[C@@H](NC(=O)OC(C)(C)C)C[C@@H](c3cn(C(C)C)nn3)C2)cc1. The molecule has 0 saturated carbocycles. The number of hydrogen-bond donors (Lipinski definition) is 1. The number of nitrogens with zero attached hydrogens (tertiary/aromatic N) is 4. The van der Waals surface area contributed by atoms with Crippen molar-refractivity contribution in [2.75, 3.05) is 20.2 Å². The van der Waals surface area contributed by atoms with E-state index >= 15 is 0 Å². The fraction of sp³-hybridized carbons (Fsp3) is 0.609. The fourth-order valence-electron chi connectivity index (χ4n) is 3.83. The van der Waals surface area contributed by atoms with Gasteiger partial charge in [-0.1, -0.05) is 17.3 Å². The van der Waals surface area contributed by atoms with Gasteiger partial charge in [0.25, 0.3) is 0 Å². The average molecular weight is 430 g/mol. The molecule has 3 rings (SSSR count). The molecular weight excluding hydrogens is 394 g/mol. The third kappa shape index (κ3) is 6.69. The zero-order chi connectivity index (χ0) is 22.6. The van der Waals surface area contributed by atoms with Gasteiger partial charge < -0.3 is 14.8 Å². The molecule has 2 aromatic rings. The minimum atomic E-state index is -0.527. The molecule has 170 valence electrons. The van der Waals surface area contributed by atoms with Crippen molar-refractivity contribution >= 4 is 6.09 Å². The van der Waals surface area contributed by atoms with Crippen LogP contribution in [0.2, 0.25) is 0 Å². The molecular formula is C23H35N5O3. The Hall–Kier alpha value is -2.61. The predicted molar refractivity (Wildman–Crippen MR) is 119 cm³/mol. The van der Waals surface area contributed by atoms with Gasteiger partial charge in [-0.2, -0.15) is 0 Å². The molecule has 1 aromatic heterocycles. The summed E-state index contributed by atoms with van der Waals surface area (Å²) < 4.78 is 12.6. The van der Waals surface area contributed by atoms with Gasteiger partial charge in [0.2, 0.25) is 0 Å². The Morgan fingerprint density at radius 2 is 1.94 bits per heavy atom. The van der Waals surface area contributed by atoms with Gasteiger partial charge in [-0.15, -0.1) is 5.10 Å². The maximum atomic E-state index is 12.4. The van der Waals surface area contributed by atoms with Crippen molar-refractivity contribution < 1.29 is 14.3 Å². The number of methoxy groups -OCH3 is 1. The van der Waals surface area contributed by atoms with E-state index in [0.29, 0.717) is 0 Å². The number of carbonyl (C=O) groups excluding carboxylic acids is 1. The molecule has 8 heteroatoms. The molecule has 31 heavy (non-hydrogen) atoms. The van der Waals surface area contributed by atoms with Crippen LogP contribution in [0.5, 0.6) is 5.75 Å². The molecule has 1 saturated heterocycles. The second-order valence-corrected chi connectivity index (χ2v) is 9.54. The summed E-state index contributed by atoms with van der Waals surface area (Å²) in [6.07, 6.45) is 2.44. The van der Waals surface area contributed by atoms with Crippen LogP contribution in [0.3, 0.4) is 0 Å². The molecule has 1 aromatic carbocycles. The Morgan fingerprint density at radius 1 is 1.23 bits per heavy atom. The highest BCUT2D eigenvalue weighted by Gasteiger charge is 2.32. The van der Waals surface area contributed by atoms with Gasteiger partial charge in [-0.05, 0) is 58.7 Å². The Morgan fingerprint density at radius 3 is 2.52 bits per heavy atom. The van der Waals surface area contributed by atoms with E-state index in [0.717, 1.165) is 37.5 Å².